The molecular weight excluding hydrogens is 202 g/mol. The van der Waals surface area contributed by atoms with E-state index in [-0.39, 0.29) is 6.42 Å². The summed E-state index contributed by atoms with van der Waals surface area (Å²) in [6.45, 7) is 0. The van der Waals surface area contributed by atoms with E-state index in [1.165, 1.54) is 0 Å². The van der Waals surface area contributed by atoms with Crippen molar-refractivity contribution < 1.29 is 4.79 Å². The molecule has 2 heterocycles. The molecule has 0 spiro atoms. The first-order chi connectivity index (χ1) is 6.74. The molecule has 2 aromatic rings. The summed E-state index contributed by atoms with van der Waals surface area (Å²) in [7, 11) is 1.80. The second kappa shape index (κ2) is 3.38. The van der Waals surface area contributed by atoms with Crippen LogP contribution in [0.2, 0.25) is 5.02 Å². The number of aryl methyl sites for hydroxylation is 1. The number of carbonyl (C=O) groups excluding carboxylic acids is 1. The quantitative estimate of drug-likeness (QED) is 0.702. The summed E-state index contributed by atoms with van der Waals surface area (Å²) in [5.74, 6) is 0. The summed E-state index contributed by atoms with van der Waals surface area (Å²) in [5.41, 5.74) is 1.46. The number of rotatable bonds is 2. The molecule has 0 bridgehead atoms. The van der Waals surface area contributed by atoms with Crippen LogP contribution in [0.15, 0.2) is 12.4 Å². The molecule has 72 valence electrons. The highest BCUT2D eigenvalue weighted by atomic mass is 35.5. The number of aldehydes is 1. The minimum absolute atomic E-state index is 0.288. The Labute approximate surface area is 85.5 Å². The Morgan fingerprint density at radius 2 is 2.36 bits per heavy atom. The number of hydrogen-bond acceptors (Lipinski definition) is 3. The number of carbonyl (C=O) groups is 1. The van der Waals surface area contributed by atoms with Gasteiger partial charge in [-0.05, 0) is 5.56 Å². The van der Waals surface area contributed by atoms with E-state index in [9.17, 15) is 4.79 Å². The molecule has 0 aliphatic carbocycles. The molecule has 4 nitrogen and oxygen atoms in total. The predicted octanol–water partition coefficient (Wildman–Crippen LogP) is 1.36. The highest BCUT2D eigenvalue weighted by molar-refractivity contribution is 6.36. The zero-order valence-electron chi connectivity index (χ0n) is 7.57. The molecule has 0 unspecified atom stereocenters. The number of pyridine rings is 1. The SMILES string of the molecule is Cn1ncc2c(Cl)c(CC=O)cnc21. The van der Waals surface area contributed by atoms with Gasteiger partial charge in [-0.15, -0.1) is 0 Å². The van der Waals surface area contributed by atoms with Crippen LogP contribution in [-0.2, 0) is 18.3 Å². The second-order valence-corrected chi connectivity index (χ2v) is 3.35. The maximum atomic E-state index is 10.4. The van der Waals surface area contributed by atoms with Crippen molar-refractivity contribution in [3.8, 4) is 0 Å². The normalized spacial score (nSPS) is 10.7. The topological polar surface area (TPSA) is 47.8 Å². The largest absolute Gasteiger partial charge is 0.303 e. The molecule has 14 heavy (non-hydrogen) atoms. The molecule has 0 saturated heterocycles. The summed E-state index contributed by atoms with van der Waals surface area (Å²) in [6, 6.07) is 0. The van der Waals surface area contributed by atoms with Gasteiger partial charge in [0.25, 0.3) is 0 Å². The van der Waals surface area contributed by atoms with Gasteiger partial charge in [-0.1, -0.05) is 11.6 Å². The van der Waals surface area contributed by atoms with Gasteiger partial charge in [0, 0.05) is 19.7 Å². The van der Waals surface area contributed by atoms with E-state index in [2.05, 4.69) is 10.1 Å². The van der Waals surface area contributed by atoms with Crippen LogP contribution >= 0.6 is 11.6 Å². The summed E-state index contributed by atoms with van der Waals surface area (Å²) in [6.07, 6.45) is 4.36. The monoisotopic (exact) mass is 209 g/mol. The van der Waals surface area contributed by atoms with Crippen LogP contribution in [-0.4, -0.2) is 21.1 Å². The number of fused-ring (bicyclic) bond motifs is 1. The van der Waals surface area contributed by atoms with Crippen molar-refractivity contribution in [3.63, 3.8) is 0 Å². The zero-order chi connectivity index (χ0) is 10.1. The first-order valence-corrected chi connectivity index (χ1v) is 4.50. The lowest BCUT2D eigenvalue weighted by molar-refractivity contribution is -0.107. The predicted molar refractivity (Wildman–Crippen MR) is 53.3 cm³/mol. The van der Waals surface area contributed by atoms with Gasteiger partial charge in [0.2, 0.25) is 0 Å². The van der Waals surface area contributed by atoms with Crippen LogP contribution in [0.4, 0.5) is 0 Å². The van der Waals surface area contributed by atoms with Gasteiger partial charge in [-0.25, -0.2) is 4.98 Å². The van der Waals surface area contributed by atoms with Crippen LogP contribution in [0.3, 0.4) is 0 Å². The van der Waals surface area contributed by atoms with Crippen molar-refractivity contribution in [1.29, 1.82) is 0 Å². The van der Waals surface area contributed by atoms with E-state index in [0.717, 1.165) is 22.9 Å². The van der Waals surface area contributed by atoms with E-state index in [1.807, 2.05) is 0 Å². The number of halogens is 1. The van der Waals surface area contributed by atoms with Crippen molar-refractivity contribution >= 4 is 28.9 Å². The van der Waals surface area contributed by atoms with Crippen molar-refractivity contribution in [2.75, 3.05) is 0 Å². The molecule has 0 atom stereocenters. The third kappa shape index (κ3) is 1.28. The van der Waals surface area contributed by atoms with E-state index < -0.39 is 0 Å². The Morgan fingerprint density at radius 3 is 3.07 bits per heavy atom. The van der Waals surface area contributed by atoms with Crippen LogP contribution in [0.1, 0.15) is 5.56 Å². The molecule has 5 heteroatoms. The van der Waals surface area contributed by atoms with E-state index in [4.69, 9.17) is 11.6 Å². The molecule has 0 fully saturated rings. The zero-order valence-corrected chi connectivity index (χ0v) is 8.32. The van der Waals surface area contributed by atoms with Crippen LogP contribution in [0, 0.1) is 0 Å². The summed E-state index contributed by atoms with van der Waals surface area (Å²) in [5, 5.41) is 5.39. The Bertz CT molecular complexity index is 492. The Kier molecular flexibility index (Phi) is 2.21. The first-order valence-electron chi connectivity index (χ1n) is 4.12. The molecule has 0 aliphatic heterocycles. The van der Waals surface area contributed by atoms with Gasteiger partial charge < -0.3 is 4.79 Å². The van der Waals surface area contributed by atoms with E-state index in [1.54, 1.807) is 24.1 Å². The molecule has 0 aliphatic rings. The third-order valence-electron chi connectivity index (χ3n) is 2.07. The van der Waals surface area contributed by atoms with E-state index >= 15 is 0 Å². The van der Waals surface area contributed by atoms with E-state index in [0.29, 0.717) is 5.02 Å². The van der Waals surface area contributed by atoms with Crippen molar-refractivity contribution in [2.45, 2.75) is 6.42 Å². The van der Waals surface area contributed by atoms with Crippen LogP contribution < -0.4 is 0 Å². The van der Waals surface area contributed by atoms with Crippen LogP contribution in [0.5, 0.6) is 0 Å². The molecule has 2 rings (SSSR count). The smallest absolute Gasteiger partial charge is 0.158 e. The molecule has 2 aromatic heterocycles. The molecule has 0 radical (unpaired) electrons. The second-order valence-electron chi connectivity index (χ2n) is 2.97. The molecule has 0 aromatic carbocycles. The van der Waals surface area contributed by atoms with Gasteiger partial charge >= 0.3 is 0 Å². The molecule has 0 saturated carbocycles. The standard InChI is InChI=1S/C9H8ClN3O/c1-13-9-7(5-12-13)8(10)6(2-3-14)4-11-9/h3-5H,2H2,1H3. The van der Waals surface area contributed by atoms with Crippen molar-refractivity contribution in [3.05, 3.63) is 23.0 Å². The average Bonchev–Trinajstić information content (AvgIpc) is 2.54. The Morgan fingerprint density at radius 1 is 1.57 bits per heavy atom. The fourth-order valence-electron chi connectivity index (χ4n) is 1.34. The number of nitrogens with zero attached hydrogens (tertiary/aromatic N) is 3. The van der Waals surface area contributed by atoms with Crippen LogP contribution in [0.25, 0.3) is 11.0 Å². The highest BCUT2D eigenvalue weighted by Crippen LogP contribution is 2.24. The van der Waals surface area contributed by atoms with Gasteiger partial charge in [-0.2, -0.15) is 5.10 Å². The highest BCUT2D eigenvalue weighted by Gasteiger charge is 2.09. The maximum Gasteiger partial charge on any atom is 0.158 e. The molecular formula is C9H8ClN3O. The lowest BCUT2D eigenvalue weighted by atomic mass is 10.2. The number of aromatic nitrogens is 3. The van der Waals surface area contributed by atoms with Crippen molar-refractivity contribution in [2.24, 2.45) is 7.05 Å². The Balaban J connectivity index is 2.69. The summed E-state index contributed by atoms with van der Waals surface area (Å²) in [4.78, 5) is 14.5. The van der Waals surface area contributed by atoms with Crippen molar-refractivity contribution in [1.82, 2.24) is 14.8 Å². The fraction of sp³-hybridized carbons (Fsp3) is 0.222. The van der Waals surface area contributed by atoms with Gasteiger partial charge in [0.1, 0.15) is 6.29 Å². The third-order valence-corrected chi connectivity index (χ3v) is 2.52. The summed E-state index contributed by atoms with van der Waals surface area (Å²) < 4.78 is 1.64. The summed E-state index contributed by atoms with van der Waals surface area (Å²) >= 11 is 6.08. The fourth-order valence-corrected chi connectivity index (χ4v) is 1.60. The Hall–Kier alpha value is -1.42. The minimum atomic E-state index is 0.288. The maximum absolute atomic E-state index is 10.4. The molecule has 0 N–H and O–H groups in total. The van der Waals surface area contributed by atoms with Gasteiger partial charge in [0.05, 0.1) is 16.6 Å². The minimum Gasteiger partial charge on any atom is -0.303 e. The lowest BCUT2D eigenvalue weighted by Crippen LogP contribution is -1.94. The lowest BCUT2D eigenvalue weighted by Gasteiger charge is -2.00. The first kappa shape index (κ1) is 9.15. The average molecular weight is 210 g/mol. The van der Waals surface area contributed by atoms with Gasteiger partial charge in [-0.3, -0.25) is 4.68 Å². The van der Waals surface area contributed by atoms with Gasteiger partial charge in [0.15, 0.2) is 5.65 Å². The number of hydrogen-bond donors (Lipinski definition) is 0. The molecule has 0 amide bonds.